The number of amides is 2. The summed E-state index contributed by atoms with van der Waals surface area (Å²) in [5.41, 5.74) is 2.08. The summed E-state index contributed by atoms with van der Waals surface area (Å²) in [4.78, 5) is 37.4. The van der Waals surface area contributed by atoms with Crippen LogP contribution in [0, 0.1) is 0 Å². The summed E-state index contributed by atoms with van der Waals surface area (Å²) in [6.45, 7) is 2.04. The first kappa shape index (κ1) is 24.3. The molecule has 1 heterocycles. The second kappa shape index (κ2) is 11.5. The van der Waals surface area contributed by atoms with Crippen LogP contribution in [0.2, 0.25) is 5.02 Å². The van der Waals surface area contributed by atoms with E-state index in [-0.39, 0.29) is 31.4 Å². The van der Waals surface area contributed by atoms with E-state index in [4.69, 9.17) is 21.1 Å². The van der Waals surface area contributed by atoms with Crippen LogP contribution >= 0.6 is 22.9 Å². The lowest BCUT2D eigenvalue weighted by atomic mass is 10.0. The molecule has 0 saturated carbocycles. The molecule has 33 heavy (non-hydrogen) atoms. The van der Waals surface area contributed by atoms with Crippen molar-refractivity contribution in [2.45, 2.75) is 13.3 Å². The van der Waals surface area contributed by atoms with Crippen molar-refractivity contribution in [3.8, 4) is 16.9 Å². The Bertz CT molecular complexity index is 1140. The third-order valence-electron chi connectivity index (χ3n) is 4.68. The van der Waals surface area contributed by atoms with E-state index in [1.165, 1.54) is 11.3 Å². The summed E-state index contributed by atoms with van der Waals surface area (Å²) in [5, 5.41) is 7.96. The van der Waals surface area contributed by atoms with Crippen LogP contribution in [0.1, 0.15) is 34.1 Å². The Hall–Kier alpha value is -3.36. The molecule has 3 rings (SSSR count). The largest absolute Gasteiger partial charge is 0.497 e. The summed E-state index contributed by atoms with van der Waals surface area (Å²) >= 11 is 7.25. The summed E-state index contributed by atoms with van der Waals surface area (Å²) in [7, 11) is 1.58. The molecule has 0 fully saturated rings. The molecule has 0 aliphatic rings. The van der Waals surface area contributed by atoms with E-state index < -0.39 is 5.97 Å². The molecule has 1 aromatic heterocycles. The number of thiophene rings is 1. The van der Waals surface area contributed by atoms with Crippen LogP contribution < -0.4 is 15.4 Å². The molecule has 3 aromatic rings. The Kier molecular flexibility index (Phi) is 8.46. The van der Waals surface area contributed by atoms with Gasteiger partial charge in [-0.2, -0.15) is 0 Å². The van der Waals surface area contributed by atoms with Gasteiger partial charge in [-0.25, -0.2) is 4.79 Å². The van der Waals surface area contributed by atoms with Crippen LogP contribution in [0.15, 0.2) is 53.9 Å². The van der Waals surface area contributed by atoms with Gasteiger partial charge in [-0.15, -0.1) is 11.3 Å². The van der Waals surface area contributed by atoms with Gasteiger partial charge in [0.05, 0.1) is 24.3 Å². The lowest BCUT2D eigenvalue weighted by molar-refractivity contribution is -0.116. The quantitative estimate of drug-likeness (QED) is 0.414. The zero-order valence-electron chi connectivity index (χ0n) is 18.1. The van der Waals surface area contributed by atoms with Crippen molar-refractivity contribution in [1.29, 1.82) is 0 Å². The van der Waals surface area contributed by atoms with Gasteiger partial charge in [0.2, 0.25) is 5.91 Å². The highest BCUT2D eigenvalue weighted by atomic mass is 35.5. The van der Waals surface area contributed by atoms with E-state index in [9.17, 15) is 14.4 Å². The Labute approximate surface area is 200 Å². The van der Waals surface area contributed by atoms with E-state index >= 15 is 0 Å². The minimum atomic E-state index is -0.521. The van der Waals surface area contributed by atoms with Gasteiger partial charge in [-0.05, 0) is 36.8 Å². The molecule has 0 atom stereocenters. The molecule has 0 aliphatic carbocycles. The SMILES string of the molecule is CCOC(=O)c1c(-c2ccc(OC)cc2)csc1NC(=O)CCNC(=O)c1ccccc1Cl. The predicted octanol–water partition coefficient (Wildman–Crippen LogP) is 5.01. The average Bonchev–Trinajstić information content (AvgIpc) is 3.23. The smallest absolute Gasteiger partial charge is 0.341 e. The highest BCUT2D eigenvalue weighted by Gasteiger charge is 2.23. The number of nitrogens with one attached hydrogen (secondary N) is 2. The Morgan fingerprint density at radius 2 is 1.79 bits per heavy atom. The average molecular weight is 487 g/mol. The second-order valence-electron chi connectivity index (χ2n) is 6.84. The first-order chi connectivity index (χ1) is 15.9. The third-order valence-corrected chi connectivity index (χ3v) is 5.91. The number of anilines is 1. The maximum absolute atomic E-state index is 12.7. The van der Waals surface area contributed by atoms with Gasteiger partial charge in [0.1, 0.15) is 16.3 Å². The maximum atomic E-state index is 12.7. The van der Waals surface area contributed by atoms with Crippen molar-refractivity contribution in [2.24, 2.45) is 0 Å². The molecule has 2 amide bonds. The zero-order chi connectivity index (χ0) is 23.8. The second-order valence-corrected chi connectivity index (χ2v) is 8.12. The summed E-state index contributed by atoms with van der Waals surface area (Å²) < 4.78 is 10.4. The van der Waals surface area contributed by atoms with E-state index in [2.05, 4.69) is 10.6 Å². The van der Waals surface area contributed by atoms with Gasteiger partial charge in [-0.3, -0.25) is 9.59 Å². The van der Waals surface area contributed by atoms with Crippen molar-refractivity contribution in [3.63, 3.8) is 0 Å². The molecule has 0 spiro atoms. The van der Waals surface area contributed by atoms with E-state index in [1.807, 2.05) is 12.1 Å². The maximum Gasteiger partial charge on any atom is 0.341 e. The number of rotatable bonds is 9. The fourth-order valence-corrected chi connectivity index (χ4v) is 4.25. The Balaban J connectivity index is 1.69. The molecule has 2 aromatic carbocycles. The zero-order valence-corrected chi connectivity index (χ0v) is 19.7. The number of ether oxygens (including phenoxy) is 2. The van der Waals surface area contributed by atoms with Crippen LogP contribution in [0.3, 0.4) is 0 Å². The number of benzene rings is 2. The first-order valence-electron chi connectivity index (χ1n) is 10.2. The predicted molar refractivity (Wildman–Crippen MR) is 129 cm³/mol. The molecule has 0 unspecified atom stereocenters. The minimum absolute atomic E-state index is 0.0221. The van der Waals surface area contributed by atoms with Crippen molar-refractivity contribution in [3.05, 3.63) is 70.1 Å². The van der Waals surface area contributed by atoms with Gasteiger partial charge < -0.3 is 20.1 Å². The highest BCUT2D eigenvalue weighted by Crippen LogP contribution is 2.37. The Morgan fingerprint density at radius 1 is 1.06 bits per heavy atom. The van der Waals surface area contributed by atoms with Crippen molar-refractivity contribution in [1.82, 2.24) is 5.32 Å². The molecule has 2 N–H and O–H groups in total. The lowest BCUT2D eigenvalue weighted by Gasteiger charge is -2.10. The summed E-state index contributed by atoms with van der Waals surface area (Å²) in [6, 6.07) is 13.9. The van der Waals surface area contributed by atoms with Crippen molar-refractivity contribution < 1.29 is 23.9 Å². The summed E-state index contributed by atoms with van der Waals surface area (Å²) in [5.74, 6) is -0.535. The van der Waals surface area contributed by atoms with Crippen molar-refractivity contribution in [2.75, 3.05) is 25.6 Å². The topological polar surface area (TPSA) is 93.7 Å². The molecular weight excluding hydrogens is 464 g/mol. The number of methoxy groups -OCH3 is 1. The van der Waals surface area contributed by atoms with Crippen LogP contribution in [0.5, 0.6) is 5.75 Å². The molecule has 9 heteroatoms. The van der Waals surface area contributed by atoms with E-state index in [1.54, 1.807) is 55.8 Å². The third kappa shape index (κ3) is 6.12. The molecule has 172 valence electrons. The molecule has 7 nitrogen and oxygen atoms in total. The summed E-state index contributed by atoms with van der Waals surface area (Å²) in [6.07, 6.45) is 0.0221. The molecule has 0 aliphatic heterocycles. The lowest BCUT2D eigenvalue weighted by Crippen LogP contribution is -2.28. The number of halogens is 1. The Morgan fingerprint density at radius 3 is 2.45 bits per heavy atom. The number of hydrogen-bond donors (Lipinski definition) is 2. The van der Waals surface area contributed by atoms with Crippen LogP contribution in [0.25, 0.3) is 11.1 Å². The van der Waals surface area contributed by atoms with Crippen molar-refractivity contribution >= 4 is 45.7 Å². The fraction of sp³-hybridized carbons (Fsp3) is 0.208. The molecule has 0 bridgehead atoms. The van der Waals surface area contributed by atoms with Crippen LogP contribution in [0.4, 0.5) is 5.00 Å². The molecule has 0 radical (unpaired) electrons. The number of hydrogen-bond acceptors (Lipinski definition) is 6. The fourth-order valence-electron chi connectivity index (χ4n) is 3.06. The minimum Gasteiger partial charge on any atom is -0.497 e. The normalized spacial score (nSPS) is 10.4. The molecule has 0 saturated heterocycles. The van der Waals surface area contributed by atoms with Crippen LogP contribution in [-0.2, 0) is 9.53 Å². The molecular formula is C24H23ClN2O5S. The van der Waals surface area contributed by atoms with Crippen LogP contribution in [-0.4, -0.2) is 38.0 Å². The monoisotopic (exact) mass is 486 g/mol. The first-order valence-corrected chi connectivity index (χ1v) is 11.5. The van der Waals surface area contributed by atoms with Gasteiger partial charge in [0.25, 0.3) is 5.91 Å². The highest BCUT2D eigenvalue weighted by molar-refractivity contribution is 7.15. The number of carbonyl (C=O) groups excluding carboxylic acids is 3. The standard InChI is InChI=1S/C24H23ClN2O5S/c1-3-32-24(30)21-18(15-8-10-16(31-2)11-9-15)14-33-23(21)27-20(28)12-13-26-22(29)17-6-4-5-7-19(17)25/h4-11,14H,3,12-13H2,1-2H3,(H,26,29)(H,27,28). The van der Waals surface area contributed by atoms with Gasteiger partial charge >= 0.3 is 5.97 Å². The van der Waals surface area contributed by atoms with Gasteiger partial charge in [-0.1, -0.05) is 35.9 Å². The van der Waals surface area contributed by atoms with E-state index in [0.717, 1.165) is 5.56 Å². The number of esters is 1. The van der Waals surface area contributed by atoms with Gasteiger partial charge in [0, 0.05) is 23.9 Å². The number of carbonyl (C=O) groups is 3. The van der Waals surface area contributed by atoms with E-state index in [0.29, 0.717) is 32.5 Å². The van der Waals surface area contributed by atoms with Gasteiger partial charge in [0.15, 0.2) is 0 Å².